The van der Waals surface area contributed by atoms with E-state index in [9.17, 15) is 0 Å². The summed E-state index contributed by atoms with van der Waals surface area (Å²) in [4.78, 5) is 4.40. The Morgan fingerprint density at radius 3 is 2.93 bits per heavy atom. The first-order valence-electron chi connectivity index (χ1n) is 5.18. The largest absolute Gasteiger partial charge is 0.366 e. The lowest BCUT2D eigenvalue weighted by Gasteiger charge is -2.24. The highest BCUT2D eigenvalue weighted by Gasteiger charge is 2.27. The van der Waals surface area contributed by atoms with Gasteiger partial charge in [0, 0.05) is 6.20 Å². The molecule has 1 heterocycles. The second kappa shape index (κ2) is 3.35. The van der Waals surface area contributed by atoms with Gasteiger partial charge in [-0.1, -0.05) is 6.07 Å². The number of ether oxygens (including phenoxy) is 1. The van der Waals surface area contributed by atoms with E-state index in [1.165, 1.54) is 5.56 Å². The zero-order valence-corrected chi connectivity index (χ0v) is 9.08. The summed E-state index contributed by atoms with van der Waals surface area (Å²) in [5.74, 6) is 0. The van der Waals surface area contributed by atoms with Crippen LogP contribution in [0.15, 0.2) is 18.3 Å². The molecule has 1 aromatic heterocycles. The SMILES string of the molecule is CC(C)(C)OC1CCc2cccnc21. The average Bonchev–Trinajstić information content (AvgIpc) is 2.47. The molecule has 14 heavy (non-hydrogen) atoms. The zero-order chi connectivity index (χ0) is 10.2. The Hall–Kier alpha value is -0.890. The van der Waals surface area contributed by atoms with Crippen LogP contribution in [-0.2, 0) is 11.2 Å². The number of pyridine rings is 1. The Kier molecular flexibility index (Phi) is 2.31. The molecule has 0 fully saturated rings. The van der Waals surface area contributed by atoms with E-state index < -0.39 is 0 Å². The van der Waals surface area contributed by atoms with Gasteiger partial charge in [-0.2, -0.15) is 0 Å². The van der Waals surface area contributed by atoms with Gasteiger partial charge in [-0.25, -0.2) is 0 Å². The van der Waals surface area contributed by atoms with E-state index in [1.807, 2.05) is 12.3 Å². The van der Waals surface area contributed by atoms with E-state index in [-0.39, 0.29) is 11.7 Å². The summed E-state index contributed by atoms with van der Waals surface area (Å²) in [6, 6.07) is 4.15. The quantitative estimate of drug-likeness (QED) is 0.681. The van der Waals surface area contributed by atoms with Crippen molar-refractivity contribution in [3.05, 3.63) is 29.6 Å². The molecule has 0 saturated heterocycles. The first kappa shape index (κ1) is 9.66. The summed E-state index contributed by atoms with van der Waals surface area (Å²) in [5.41, 5.74) is 2.41. The molecule has 1 atom stereocenters. The van der Waals surface area contributed by atoms with Gasteiger partial charge in [0.05, 0.1) is 11.3 Å². The summed E-state index contributed by atoms with van der Waals surface area (Å²) in [6.07, 6.45) is 4.22. The van der Waals surface area contributed by atoms with Crippen molar-refractivity contribution >= 4 is 0 Å². The maximum atomic E-state index is 5.96. The van der Waals surface area contributed by atoms with Crippen LogP contribution in [0, 0.1) is 0 Å². The van der Waals surface area contributed by atoms with Gasteiger partial charge in [0.1, 0.15) is 6.10 Å². The minimum atomic E-state index is -0.0796. The third kappa shape index (κ3) is 1.95. The molecule has 0 aliphatic heterocycles. The van der Waals surface area contributed by atoms with Crippen molar-refractivity contribution in [1.29, 1.82) is 0 Å². The summed E-state index contributed by atoms with van der Waals surface area (Å²) in [7, 11) is 0. The van der Waals surface area contributed by atoms with Crippen LogP contribution in [0.3, 0.4) is 0 Å². The molecule has 76 valence electrons. The van der Waals surface area contributed by atoms with Gasteiger partial charge in [0.15, 0.2) is 0 Å². The van der Waals surface area contributed by atoms with Crippen LogP contribution in [-0.4, -0.2) is 10.6 Å². The Bertz CT molecular complexity index is 327. The number of hydrogen-bond donors (Lipinski definition) is 0. The maximum Gasteiger partial charge on any atom is 0.101 e. The van der Waals surface area contributed by atoms with Crippen molar-refractivity contribution in [3.8, 4) is 0 Å². The van der Waals surface area contributed by atoms with Crippen LogP contribution in [0.5, 0.6) is 0 Å². The lowest BCUT2D eigenvalue weighted by atomic mass is 10.1. The molecule has 0 spiro atoms. The van der Waals surface area contributed by atoms with Crippen LogP contribution < -0.4 is 0 Å². The van der Waals surface area contributed by atoms with Crippen LogP contribution in [0.4, 0.5) is 0 Å². The molecule has 1 unspecified atom stereocenters. The van der Waals surface area contributed by atoms with Crippen molar-refractivity contribution in [3.63, 3.8) is 0 Å². The van der Waals surface area contributed by atoms with Crippen LogP contribution >= 0.6 is 0 Å². The smallest absolute Gasteiger partial charge is 0.101 e. The minimum Gasteiger partial charge on any atom is -0.366 e. The molecule has 2 nitrogen and oxygen atoms in total. The highest BCUT2D eigenvalue weighted by Crippen LogP contribution is 2.34. The fourth-order valence-electron chi connectivity index (χ4n) is 1.92. The zero-order valence-electron chi connectivity index (χ0n) is 9.08. The monoisotopic (exact) mass is 191 g/mol. The second-order valence-electron chi connectivity index (χ2n) is 4.81. The number of rotatable bonds is 1. The first-order valence-corrected chi connectivity index (χ1v) is 5.18. The van der Waals surface area contributed by atoms with Gasteiger partial charge in [0.2, 0.25) is 0 Å². The predicted octanol–water partition coefficient (Wildman–Crippen LogP) is 2.88. The third-order valence-electron chi connectivity index (χ3n) is 2.40. The molecular weight excluding hydrogens is 174 g/mol. The van der Waals surface area contributed by atoms with E-state index in [0.717, 1.165) is 18.5 Å². The molecule has 0 amide bonds. The van der Waals surface area contributed by atoms with E-state index in [2.05, 4.69) is 31.8 Å². The molecule has 1 aromatic rings. The predicted molar refractivity (Wildman–Crippen MR) is 56.1 cm³/mol. The van der Waals surface area contributed by atoms with Crippen molar-refractivity contribution < 1.29 is 4.74 Å². The van der Waals surface area contributed by atoms with Gasteiger partial charge < -0.3 is 4.74 Å². The van der Waals surface area contributed by atoms with Gasteiger partial charge in [-0.3, -0.25) is 4.98 Å². The normalized spacial score (nSPS) is 20.9. The molecular formula is C12H17NO. The van der Waals surface area contributed by atoms with E-state index >= 15 is 0 Å². The van der Waals surface area contributed by atoms with Gasteiger partial charge in [0.25, 0.3) is 0 Å². The molecule has 0 saturated carbocycles. The second-order valence-corrected chi connectivity index (χ2v) is 4.81. The van der Waals surface area contributed by atoms with E-state index in [1.54, 1.807) is 0 Å². The Labute approximate surface area is 85.3 Å². The van der Waals surface area contributed by atoms with Gasteiger partial charge >= 0.3 is 0 Å². The Morgan fingerprint density at radius 1 is 1.43 bits per heavy atom. The fourth-order valence-corrected chi connectivity index (χ4v) is 1.92. The standard InChI is InChI=1S/C12H17NO/c1-12(2,3)14-10-7-6-9-5-4-8-13-11(9)10/h4-5,8,10H,6-7H2,1-3H3. The van der Waals surface area contributed by atoms with Crippen LogP contribution in [0.1, 0.15) is 44.6 Å². The number of fused-ring (bicyclic) bond motifs is 1. The Morgan fingerprint density at radius 2 is 2.21 bits per heavy atom. The average molecular weight is 191 g/mol. The summed E-state index contributed by atoms with van der Waals surface area (Å²) in [5, 5.41) is 0. The number of hydrogen-bond acceptors (Lipinski definition) is 2. The Balaban J connectivity index is 2.18. The molecule has 2 rings (SSSR count). The molecule has 1 aliphatic carbocycles. The summed E-state index contributed by atoms with van der Waals surface area (Å²) < 4.78 is 5.96. The number of aryl methyl sites for hydroxylation is 1. The molecule has 2 heteroatoms. The molecule has 0 bridgehead atoms. The fraction of sp³-hybridized carbons (Fsp3) is 0.583. The molecule has 0 aromatic carbocycles. The van der Waals surface area contributed by atoms with Crippen molar-refractivity contribution in [2.45, 2.75) is 45.3 Å². The topological polar surface area (TPSA) is 22.1 Å². The van der Waals surface area contributed by atoms with E-state index in [4.69, 9.17) is 4.74 Å². The van der Waals surface area contributed by atoms with Crippen molar-refractivity contribution in [2.75, 3.05) is 0 Å². The lowest BCUT2D eigenvalue weighted by molar-refractivity contribution is -0.0621. The highest BCUT2D eigenvalue weighted by atomic mass is 16.5. The summed E-state index contributed by atoms with van der Waals surface area (Å²) in [6.45, 7) is 6.27. The molecule has 0 N–H and O–H groups in total. The van der Waals surface area contributed by atoms with Gasteiger partial charge in [-0.05, 0) is 45.2 Å². The van der Waals surface area contributed by atoms with Crippen LogP contribution in [0.2, 0.25) is 0 Å². The molecule has 1 aliphatic rings. The van der Waals surface area contributed by atoms with Crippen molar-refractivity contribution in [1.82, 2.24) is 4.98 Å². The number of nitrogens with zero attached hydrogens (tertiary/aromatic N) is 1. The third-order valence-corrected chi connectivity index (χ3v) is 2.40. The maximum absolute atomic E-state index is 5.96. The summed E-state index contributed by atoms with van der Waals surface area (Å²) >= 11 is 0. The highest BCUT2D eigenvalue weighted by molar-refractivity contribution is 5.26. The van der Waals surface area contributed by atoms with E-state index in [0.29, 0.717) is 0 Å². The lowest BCUT2D eigenvalue weighted by Crippen LogP contribution is -2.21. The van der Waals surface area contributed by atoms with Crippen LogP contribution in [0.25, 0.3) is 0 Å². The molecule has 0 radical (unpaired) electrons. The van der Waals surface area contributed by atoms with Crippen molar-refractivity contribution in [2.24, 2.45) is 0 Å². The van der Waals surface area contributed by atoms with Gasteiger partial charge in [-0.15, -0.1) is 0 Å². The first-order chi connectivity index (χ1) is 6.56. The number of aromatic nitrogens is 1. The minimum absolute atomic E-state index is 0.0796.